The molecule has 0 fully saturated rings. The molecule has 0 aliphatic heterocycles. The van der Waals surface area contributed by atoms with Gasteiger partial charge in [0.05, 0.1) is 0 Å². The molecule has 0 aromatic heterocycles. The summed E-state index contributed by atoms with van der Waals surface area (Å²) in [4.78, 5) is 0. The second-order valence-corrected chi connectivity index (χ2v) is 1.41. The fourth-order valence-electron chi connectivity index (χ4n) is 0.354. The Morgan fingerprint density at radius 3 is 1.00 bits per heavy atom. The standard InChI is InChI=1S/C6H12.2C2H6.Y/c1-3-5-6-4-2;2*1-2;/h1-6H2;2*1-2H3;/q-2;;;. The molecule has 69 valence electrons. The van der Waals surface area contributed by atoms with Gasteiger partial charge in [-0.3, -0.25) is 0 Å². The van der Waals surface area contributed by atoms with E-state index < -0.39 is 0 Å². The maximum Gasteiger partial charge on any atom is 0 e. The van der Waals surface area contributed by atoms with E-state index >= 15 is 0 Å². The third-order valence-electron chi connectivity index (χ3n) is 0.750. The zero-order valence-corrected chi connectivity index (χ0v) is 11.7. The van der Waals surface area contributed by atoms with Crippen LogP contribution in [0.1, 0.15) is 53.4 Å². The fourth-order valence-corrected chi connectivity index (χ4v) is 0.354. The number of hydrogen-bond acceptors (Lipinski definition) is 0. The molecule has 11 heavy (non-hydrogen) atoms. The second-order valence-electron chi connectivity index (χ2n) is 1.41. The Morgan fingerprint density at radius 2 is 0.909 bits per heavy atom. The maximum absolute atomic E-state index is 3.70. The number of unbranched alkanes of at least 4 members (excludes halogenated alkanes) is 3. The van der Waals surface area contributed by atoms with Crippen LogP contribution in [0.3, 0.4) is 0 Å². The van der Waals surface area contributed by atoms with E-state index in [2.05, 4.69) is 13.8 Å². The van der Waals surface area contributed by atoms with Crippen LogP contribution in [-0.4, -0.2) is 0 Å². The molecule has 0 spiro atoms. The van der Waals surface area contributed by atoms with Crippen molar-refractivity contribution in [2.24, 2.45) is 0 Å². The van der Waals surface area contributed by atoms with Crippen molar-refractivity contribution in [3.63, 3.8) is 0 Å². The van der Waals surface area contributed by atoms with Gasteiger partial charge < -0.3 is 13.8 Å². The molecule has 0 atom stereocenters. The van der Waals surface area contributed by atoms with Gasteiger partial charge in [0.1, 0.15) is 0 Å². The van der Waals surface area contributed by atoms with Crippen molar-refractivity contribution in [3.8, 4) is 0 Å². The molecule has 0 aliphatic carbocycles. The zero-order chi connectivity index (χ0) is 8.83. The van der Waals surface area contributed by atoms with Crippen molar-refractivity contribution in [1.29, 1.82) is 0 Å². The zero-order valence-electron chi connectivity index (χ0n) is 8.82. The van der Waals surface area contributed by atoms with Crippen LogP contribution >= 0.6 is 0 Å². The van der Waals surface area contributed by atoms with E-state index in [1.54, 1.807) is 0 Å². The summed E-state index contributed by atoms with van der Waals surface area (Å²) in [6.45, 7) is 15.4. The van der Waals surface area contributed by atoms with Crippen molar-refractivity contribution < 1.29 is 32.7 Å². The largest absolute Gasteiger partial charge is 0.343 e. The van der Waals surface area contributed by atoms with Crippen LogP contribution in [0, 0.1) is 13.8 Å². The summed E-state index contributed by atoms with van der Waals surface area (Å²) in [5.74, 6) is 0. The minimum atomic E-state index is 0. The molecule has 0 unspecified atom stereocenters. The van der Waals surface area contributed by atoms with Crippen LogP contribution in [0.4, 0.5) is 0 Å². The molecule has 0 aromatic carbocycles. The van der Waals surface area contributed by atoms with E-state index in [-0.39, 0.29) is 32.7 Å². The summed E-state index contributed by atoms with van der Waals surface area (Å²) in [5.41, 5.74) is 0. The van der Waals surface area contributed by atoms with E-state index in [1.807, 2.05) is 27.7 Å². The summed E-state index contributed by atoms with van der Waals surface area (Å²) in [7, 11) is 0. The van der Waals surface area contributed by atoms with Gasteiger partial charge in [0, 0.05) is 32.7 Å². The third-order valence-corrected chi connectivity index (χ3v) is 0.750. The van der Waals surface area contributed by atoms with Crippen LogP contribution in [0.5, 0.6) is 0 Å². The monoisotopic (exact) mass is 233 g/mol. The van der Waals surface area contributed by atoms with Gasteiger partial charge >= 0.3 is 0 Å². The number of rotatable bonds is 3. The summed E-state index contributed by atoms with van der Waals surface area (Å²) < 4.78 is 0. The van der Waals surface area contributed by atoms with Gasteiger partial charge in [-0.1, -0.05) is 40.5 Å². The minimum Gasteiger partial charge on any atom is -0.343 e. The van der Waals surface area contributed by atoms with E-state index in [0.717, 1.165) is 12.8 Å². The maximum atomic E-state index is 3.70. The normalized spacial score (nSPS) is 6.00. The molecule has 0 N–H and O–H groups in total. The molecule has 0 bridgehead atoms. The van der Waals surface area contributed by atoms with E-state index in [1.165, 1.54) is 12.8 Å². The molecule has 0 rings (SSSR count). The van der Waals surface area contributed by atoms with Crippen molar-refractivity contribution in [2.75, 3.05) is 0 Å². The SMILES string of the molecule is CC.CC.[CH2-]CCCC[CH2-].[Y]. The van der Waals surface area contributed by atoms with E-state index in [4.69, 9.17) is 0 Å². The van der Waals surface area contributed by atoms with Crippen LogP contribution in [0.15, 0.2) is 0 Å². The van der Waals surface area contributed by atoms with Crippen LogP contribution in [-0.2, 0) is 32.7 Å². The minimum absolute atomic E-state index is 0. The quantitative estimate of drug-likeness (QED) is 0.504. The van der Waals surface area contributed by atoms with Gasteiger partial charge in [-0.25, -0.2) is 0 Å². The molecule has 1 heteroatoms. The predicted molar refractivity (Wildman–Crippen MR) is 51.9 cm³/mol. The molecule has 0 amide bonds. The average molecular weight is 233 g/mol. The molecule has 0 saturated carbocycles. The summed E-state index contributed by atoms with van der Waals surface area (Å²) in [5, 5.41) is 0. The Labute approximate surface area is 99.4 Å². The van der Waals surface area contributed by atoms with Crippen LogP contribution in [0.25, 0.3) is 0 Å². The second kappa shape index (κ2) is 43.5. The Kier molecular flexibility index (Phi) is 89.9. The number of hydrogen-bond donors (Lipinski definition) is 0. The first-order valence-electron chi connectivity index (χ1n) is 4.50. The summed E-state index contributed by atoms with van der Waals surface area (Å²) in [6.07, 6.45) is 4.61. The predicted octanol–water partition coefficient (Wildman–Crippen LogP) is 4.26. The topological polar surface area (TPSA) is 0 Å². The van der Waals surface area contributed by atoms with Gasteiger partial charge in [0.15, 0.2) is 0 Å². The molecule has 0 heterocycles. The van der Waals surface area contributed by atoms with Gasteiger partial charge in [0.2, 0.25) is 0 Å². The van der Waals surface area contributed by atoms with Gasteiger partial charge in [-0.2, -0.15) is 12.8 Å². The first-order valence-corrected chi connectivity index (χ1v) is 4.50. The summed E-state index contributed by atoms with van der Waals surface area (Å²) >= 11 is 0. The van der Waals surface area contributed by atoms with Crippen LogP contribution in [0.2, 0.25) is 0 Å². The van der Waals surface area contributed by atoms with Gasteiger partial charge in [-0.15, -0.1) is 0 Å². The van der Waals surface area contributed by atoms with Crippen molar-refractivity contribution in [1.82, 2.24) is 0 Å². The van der Waals surface area contributed by atoms with Gasteiger partial charge in [0.25, 0.3) is 0 Å². The summed E-state index contributed by atoms with van der Waals surface area (Å²) in [6, 6.07) is 0. The smallest absolute Gasteiger partial charge is 0 e. The first kappa shape index (κ1) is 22.7. The molecular formula is C10H24Y-2. The van der Waals surface area contributed by atoms with E-state index in [0.29, 0.717) is 0 Å². The molecule has 0 nitrogen and oxygen atoms in total. The van der Waals surface area contributed by atoms with Crippen molar-refractivity contribution in [2.45, 2.75) is 53.4 Å². The first-order chi connectivity index (χ1) is 4.91. The van der Waals surface area contributed by atoms with Crippen molar-refractivity contribution in [3.05, 3.63) is 13.8 Å². The third kappa shape index (κ3) is 54.6. The van der Waals surface area contributed by atoms with Crippen LogP contribution < -0.4 is 0 Å². The van der Waals surface area contributed by atoms with Gasteiger partial charge in [-0.05, 0) is 0 Å². The fraction of sp³-hybridized carbons (Fsp3) is 0.800. The molecule has 0 aromatic rings. The molecule has 1 radical (unpaired) electrons. The molecular weight excluding hydrogens is 209 g/mol. The molecule has 0 saturated heterocycles. The Balaban J connectivity index is -0.0000000428. The Morgan fingerprint density at radius 1 is 0.727 bits per heavy atom. The molecule has 0 aliphatic rings. The Bertz CT molecular complexity index is 16.8. The van der Waals surface area contributed by atoms with Crippen molar-refractivity contribution >= 4 is 0 Å². The van der Waals surface area contributed by atoms with E-state index in [9.17, 15) is 0 Å². The Hall–Kier alpha value is 1.10. The average Bonchev–Trinajstić information content (AvgIpc) is 2.08.